The first kappa shape index (κ1) is 15.3. The Morgan fingerprint density at radius 1 is 1.00 bits per heavy atom. The van der Waals surface area contributed by atoms with Gasteiger partial charge in [0.2, 0.25) is 0 Å². The van der Waals surface area contributed by atoms with Crippen LogP contribution < -0.4 is 5.32 Å². The third kappa shape index (κ3) is 3.58. The van der Waals surface area contributed by atoms with Gasteiger partial charge in [-0.05, 0) is 49.6 Å². The lowest BCUT2D eigenvalue weighted by Crippen LogP contribution is -2.23. The molecule has 3 aromatic heterocycles. The summed E-state index contributed by atoms with van der Waals surface area (Å²) >= 11 is 11.4. The molecule has 1 N–H and O–H groups in total. The molecule has 0 amide bonds. The van der Waals surface area contributed by atoms with Gasteiger partial charge in [-0.2, -0.15) is 0 Å². The van der Waals surface area contributed by atoms with E-state index in [2.05, 4.69) is 54.9 Å². The molecule has 110 valence electrons. The number of nitrogens with one attached hydrogen (secondary N) is 1. The minimum Gasteiger partial charge on any atom is -0.297 e. The Labute approximate surface area is 142 Å². The first-order valence-corrected chi connectivity index (χ1v) is 9.63. The van der Waals surface area contributed by atoms with Crippen molar-refractivity contribution in [3.8, 4) is 0 Å². The minimum absolute atomic E-state index is 0.208. The summed E-state index contributed by atoms with van der Waals surface area (Å²) in [6.07, 6.45) is 0. The van der Waals surface area contributed by atoms with Crippen LogP contribution in [0.4, 0.5) is 0 Å². The third-order valence-corrected chi connectivity index (χ3v) is 6.73. The number of hydrogen-bond acceptors (Lipinski definition) is 4. The van der Waals surface area contributed by atoms with Gasteiger partial charge in [-0.1, -0.05) is 17.7 Å². The van der Waals surface area contributed by atoms with Gasteiger partial charge < -0.3 is 0 Å². The highest BCUT2D eigenvalue weighted by Crippen LogP contribution is 2.35. The summed E-state index contributed by atoms with van der Waals surface area (Å²) in [6.45, 7) is 4.37. The number of thiophene rings is 3. The Balaban J connectivity index is 1.86. The fraction of sp³-hybridized carbons (Fsp3) is 0.250. The Morgan fingerprint density at radius 2 is 1.81 bits per heavy atom. The summed E-state index contributed by atoms with van der Waals surface area (Å²) in [5.74, 6) is 0. The quantitative estimate of drug-likeness (QED) is 0.569. The van der Waals surface area contributed by atoms with Gasteiger partial charge in [0.25, 0.3) is 0 Å². The zero-order valence-corrected chi connectivity index (χ0v) is 15.0. The molecule has 3 aromatic rings. The monoisotopic (exact) mass is 353 g/mol. The van der Waals surface area contributed by atoms with Gasteiger partial charge in [0.15, 0.2) is 0 Å². The summed E-state index contributed by atoms with van der Waals surface area (Å²) in [5.41, 5.74) is 0. The molecule has 2 unspecified atom stereocenters. The van der Waals surface area contributed by atoms with E-state index in [-0.39, 0.29) is 6.04 Å². The minimum atomic E-state index is 0.208. The van der Waals surface area contributed by atoms with E-state index in [0.717, 1.165) is 4.34 Å². The SMILES string of the molecule is Cc1ccc(C(C)NC(c2cccs2)c2ccc(Cl)s2)s1. The maximum atomic E-state index is 6.12. The van der Waals surface area contributed by atoms with Crippen molar-refractivity contribution in [2.75, 3.05) is 0 Å². The summed E-state index contributed by atoms with van der Waals surface area (Å²) in [5, 5.41) is 5.88. The van der Waals surface area contributed by atoms with Crippen molar-refractivity contribution in [2.45, 2.75) is 25.9 Å². The lowest BCUT2D eigenvalue weighted by Gasteiger charge is -2.21. The highest BCUT2D eigenvalue weighted by molar-refractivity contribution is 7.16. The third-order valence-electron chi connectivity index (χ3n) is 3.31. The molecule has 5 heteroatoms. The van der Waals surface area contributed by atoms with Crippen molar-refractivity contribution in [1.82, 2.24) is 5.32 Å². The fourth-order valence-corrected chi connectivity index (χ4v) is 5.17. The molecule has 0 radical (unpaired) electrons. The van der Waals surface area contributed by atoms with Crippen molar-refractivity contribution in [2.24, 2.45) is 0 Å². The molecule has 3 rings (SSSR count). The normalized spacial score (nSPS) is 14.2. The van der Waals surface area contributed by atoms with Gasteiger partial charge in [0.05, 0.1) is 10.4 Å². The molecule has 21 heavy (non-hydrogen) atoms. The van der Waals surface area contributed by atoms with Crippen LogP contribution in [0.1, 0.15) is 38.5 Å². The summed E-state index contributed by atoms with van der Waals surface area (Å²) in [4.78, 5) is 5.32. The van der Waals surface area contributed by atoms with Crippen molar-refractivity contribution in [3.05, 3.63) is 65.6 Å². The van der Waals surface area contributed by atoms with E-state index in [4.69, 9.17) is 11.6 Å². The van der Waals surface area contributed by atoms with Crippen LogP contribution in [0.2, 0.25) is 4.34 Å². The Morgan fingerprint density at radius 3 is 2.38 bits per heavy atom. The van der Waals surface area contributed by atoms with E-state index >= 15 is 0 Å². The van der Waals surface area contributed by atoms with Gasteiger partial charge in [0, 0.05) is 25.6 Å². The predicted octanol–water partition coefficient (Wildman–Crippen LogP) is 6.27. The molecule has 0 aliphatic rings. The molecule has 0 saturated heterocycles. The van der Waals surface area contributed by atoms with E-state index in [1.807, 2.05) is 17.4 Å². The second kappa shape index (κ2) is 6.63. The molecule has 0 spiro atoms. The topological polar surface area (TPSA) is 12.0 Å². The Hall–Kier alpha value is -0.650. The number of rotatable bonds is 5. The zero-order chi connectivity index (χ0) is 14.8. The van der Waals surface area contributed by atoms with Crippen molar-refractivity contribution in [1.29, 1.82) is 0 Å². The molecule has 0 bridgehead atoms. The predicted molar refractivity (Wildman–Crippen MR) is 96.1 cm³/mol. The van der Waals surface area contributed by atoms with Crippen LogP contribution in [0.5, 0.6) is 0 Å². The van der Waals surface area contributed by atoms with Crippen molar-refractivity contribution >= 4 is 45.6 Å². The fourth-order valence-electron chi connectivity index (χ4n) is 2.26. The molecule has 1 nitrogen and oxygen atoms in total. The van der Waals surface area contributed by atoms with Gasteiger partial charge in [0.1, 0.15) is 0 Å². The lowest BCUT2D eigenvalue weighted by atomic mass is 10.1. The van der Waals surface area contributed by atoms with Crippen molar-refractivity contribution < 1.29 is 0 Å². The van der Waals surface area contributed by atoms with Gasteiger partial charge >= 0.3 is 0 Å². The van der Waals surface area contributed by atoms with Crippen LogP contribution in [-0.4, -0.2) is 0 Å². The van der Waals surface area contributed by atoms with E-state index in [9.17, 15) is 0 Å². The Bertz CT molecular complexity index is 699. The van der Waals surface area contributed by atoms with Gasteiger partial charge in [-0.15, -0.1) is 34.0 Å². The van der Waals surface area contributed by atoms with E-state index in [1.165, 1.54) is 19.5 Å². The molecule has 2 atom stereocenters. The summed E-state index contributed by atoms with van der Waals surface area (Å²) in [6, 6.07) is 13.3. The molecule has 0 aliphatic heterocycles. The number of hydrogen-bond donors (Lipinski definition) is 1. The maximum absolute atomic E-state index is 6.12. The average Bonchev–Trinajstić information content (AvgIpc) is 3.17. The first-order valence-electron chi connectivity index (χ1n) is 6.74. The number of aryl methyl sites for hydroxylation is 1. The second-order valence-electron chi connectivity index (χ2n) is 4.93. The maximum Gasteiger partial charge on any atom is 0.0931 e. The van der Waals surface area contributed by atoms with Crippen LogP contribution in [0.15, 0.2) is 41.8 Å². The molecule has 3 heterocycles. The van der Waals surface area contributed by atoms with E-state index < -0.39 is 0 Å². The van der Waals surface area contributed by atoms with Crippen LogP contribution >= 0.6 is 45.6 Å². The lowest BCUT2D eigenvalue weighted by molar-refractivity contribution is 0.533. The smallest absolute Gasteiger partial charge is 0.0931 e. The first-order chi connectivity index (χ1) is 10.1. The van der Waals surface area contributed by atoms with Gasteiger partial charge in [-0.25, -0.2) is 0 Å². The van der Waals surface area contributed by atoms with Crippen LogP contribution in [0.25, 0.3) is 0 Å². The molecular weight excluding hydrogens is 338 g/mol. The molecule has 0 aromatic carbocycles. The van der Waals surface area contributed by atoms with Crippen LogP contribution in [0.3, 0.4) is 0 Å². The standard InChI is InChI=1S/C16H16ClNS3/c1-10-5-6-12(20-10)11(2)18-16(13-4-3-9-19-13)14-7-8-15(17)21-14/h3-9,11,16,18H,1-2H3. The largest absolute Gasteiger partial charge is 0.297 e. The van der Waals surface area contributed by atoms with Crippen LogP contribution in [0, 0.1) is 6.92 Å². The average molecular weight is 354 g/mol. The van der Waals surface area contributed by atoms with E-state index in [1.54, 1.807) is 22.7 Å². The summed E-state index contributed by atoms with van der Waals surface area (Å²) < 4.78 is 0.841. The summed E-state index contributed by atoms with van der Waals surface area (Å²) in [7, 11) is 0. The highest BCUT2D eigenvalue weighted by atomic mass is 35.5. The molecular formula is C16H16ClNS3. The molecule has 0 fully saturated rings. The highest BCUT2D eigenvalue weighted by Gasteiger charge is 2.20. The Kier molecular flexibility index (Phi) is 4.82. The van der Waals surface area contributed by atoms with E-state index in [0.29, 0.717) is 6.04 Å². The zero-order valence-electron chi connectivity index (χ0n) is 11.8. The van der Waals surface area contributed by atoms with Crippen molar-refractivity contribution in [3.63, 3.8) is 0 Å². The van der Waals surface area contributed by atoms with Crippen LogP contribution in [-0.2, 0) is 0 Å². The second-order valence-corrected chi connectivity index (χ2v) is 8.97. The molecule has 0 saturated carbocycles. The van der Waals surface area contributed by atoms with Gasteiger partial charge in [-0.3, -0.25) is 5.32 Å². The number of halogens is 1. The molecule has 0 aliphatic carbocycles.